The second-order valence-electron chi connectivity index (χ2n) is 7.65. The van der Waals surface area contributed by atoms with Crippen molar-refractivity contribution in [2.45, 2.75) is 33.6 Å². The van der Waals surface area contributed by atoms with Crippen LogP contribution in [0.3, 0.4) is 0 Å². The van der Waals surface area contributed by atoms with Crippen LogP contribution in [-0.2, 0) is 0 Å². The Morgan fingerprint density at radius 2 is 1.46 bits per heavy atom. The summed E-state index contributed by atoms with van der Waals surface area (Å²) in [5.74, 6) is 1.31. The molecule has 3 aromatic rings. The predicted octanol–water partition coefficient (Wildman–Crippen LogP) is 6.99. The van der Waals surface area contributed by atoms with Gasteiger partial charge in [0.05, 0.1) is 7.11 Å². The maximum Gasteiger partial charge on any atom is 0.124 e. The minimum atomic E-state index is 0.157. The highest BCUT2D eigenvalue weighted by molar-refractivity contribution is 6.01. The van der Waals surface area contributed by atoms with Crippen molar-refractivity contribution in [3.8, 4) is 22.6 Å². The van der Waals surface area contributed by atoms with Crippen molar-refractivity contribution in [2.24, 2.45) is 0 Å². The van der Waals surface area contributed by atoms with Crippen molar-refractivity contribution in [3.05, 3.63) is 82.5 Å². The van der Waals surface area contributed by atoms with Gasteiger partial charge in [0.1, 0.15) is 11.5 Å². The van der Waals surface area contributed by atoms with Crippen LogP contribution < -0.4 is 4.74 Å². The summed E-state index contributed by atoms with van der Waals surface area (Å²) in [5, 5.41) is 13.0. The van der Waals surface area contributed by atoms with Gasteiger partial charge in [-0.25, -0.2) is 0 Å². The topological polar surface area (TPSA) is 29.5 Å². The van der Waals surface area contributed by atoms with Gasteiger partial charge in [-0.15, -0.1) is 0 Å². The third kappa shape index (κ3) is 2.63. The quantitative estimate of drug-likeness (QED) is 0.538. The van der Waals surface area contributed by atoms with Crippen molar-refractivity contribution < 1.29 is 9.84 Å². The van der Waals surface area contributed by atoms with Crippen LogP contribution in [0.2, 0.25) is 0 Å². The van der Waals surface area contributed by atoms with Crippen molar-refractivity contribution in [1.29, 1.82) is 0 Å². The first-order valence-corrected chi connectivity index (χ1v) is 9.68. The number of hydrogen-bond donors (Lipinski definition) is 1. The Bertz CT molecular complexity index is 1120. The molecule has 0 saturated heterocycles. The first-order valence-electron chi connectivity index (χ1n) is 9.68. The highest BCUT2D eigenvalue weighted by atomic mass is 16.5. The number of allylic oxidation sites excluding steroid dienone is 4. The van der Waals surface area contributed by atoms with Gasteiger partial charge in [-0.3, -0.25) is 0 Å². The molecule has 0 bridgehead atoms. The SMILES string of the molecule is COc1cccc(-c2c(O)ccc3ccccc23)c1C1C(C)=C(C)C(C)=C1C. The lowest BCUT2D eigenvalue weighted by Gasteiger charge is -2.24. The summed E-state index contributed by atoms with van der Waals surface area (Å²) >= 11 is 0. The summed E-state index contributed by atoms with van der Waals surface area (Å²) in [4.78, 5) is 0. The molecular formula is C26H26O2. The van der Waals surface area contributed by atoms with Crippen molar-refractivity contribution in [3.63, 3.8) is 0 Å². The second kappa shape index (κ2) is 6.87. The van der Waals surface area contributed by atoms with E-state index in [4.69, 9.17) is 4.74 Å². The summed E-state index contributed by atoms with van der Waals surface area (Å²) in [6, 6.07) is 18.1. The molecule has 0 radical (unpaired) electrons. The normalized spacial score (nSPS) is 15.0. The Morgan fingerprint density at radius 1 is 0.786 bits per heavy atom. The predicted molar refractivity (Wildman–Crippen MR) is 117 cm³/mol. The molecule has 1 aliphatic rings. The van der Waals surface area contributed by atoms with E-state index in [1.165, 1.54) is 22.3 Å². The van der Waals surface area contributed by atoms with E-state index in [9.17, 15) is 5.11 Å². The Hall–Kier alpha value is -3.00. The lowest BCUT2D eigenvalue weighted by atomic mass is 9.82. The number of benzene rings is 3. The van der Waals surface area contributed by atoms with Crippen LogP contribution in [0, 0.1) is 0 Å². The number of hydrogen-bond acceptors (Lipinski definition) is 2. The van der Waals surface area contributed by atoms with Crippen LogP contribution in [0.25, 0.3) is 21.9 Å². The zero-order valence-electron chi connectivity index (χ0n) is 17.1. The summed E-state index contributed by atoms with van der Waals surface area (Å²) in [7, 11) is 1.72. The van der Waals surface area contributed by atoms with Gasteiger partial charge in [0.15, 0.2) is 0 Å². The van der Waals surface area contributed by atoms with Crippen LogP contribution in [0.15, 0.2) is 76.9 Å². The third-order valence-corrected chi connectivity index (χ3v) is 6.36. The smallest absolute Gasteiger partial charge is 0.124 e. The highest BCUT2D eigenvalue weighted by Crippen LogP contribution is 2.51. The van der Waals surface area contributed by atoms with E-state index in [1.807, 2.05) is 30.3 Å². The molecule has 4 rings (SSSR count). The molecule has 0 heterocycles. The average Bonchev–Trinajstić information content (AvgIpc) is 2.90. The summed E-state index contributed by atoms with van der Waals surface area (Å²) in [6.45, 7) is 8.80. The van der Waals surface area contributed by atoms with Gasteiger partial charge in [0.2, 0.25) is 0 Å². The van der Waals surface area contributed by atoms with E-state index < -0.39 is 0 Å². The van der Waals surface area contributed by atoms with E-state index in [0.29, 0.717) is 5.75 Å². The van der Waals surface area contributed by atoms with E-state index in [1.54, 1.807) is 13.2 Å². The first-order chi connectivity index (χ1) is 13.5. The lowest BCUT2D eigenvalue weighted by Crippen LogP contribution is -2.05. The molecule has 28 heavy (non-hydrogen) atoms. The average molecular weight is 370 g/mol. The van der Waals surface area contributed by atoms with Gasteiger partial charge in [-0.2, -0.15) is 0 Å². The molecule has 142 valence electrons. The number of phenols is 1. The molecular weight excluding hydrogens is 344 g/mol. The van der Waals surface area contributed by atoms with Gasteiger partial charge in [0.25, 0.3) is 0 Å². The van der Waals surface area contributed by atoms with Gasteiger partial charge >= 0.3 is 0 Å². The number of rotatable bonds is 3. The molecule has 1 N–H and O–H groups in total. The van der Waals surface area contributed by atoms with Crippen LogP contribution in [0.1, 0.15) is 39.2 Å². The number of aromatic hydroxyl groups is 1. The Morgan fingerprint density at radius 3 is 2.14 bits per heavy atom. The van der Waals surface area contributed by atoms with Crippen molar-refractivity contribution in [1.82, 2.24) is 0 Å². The number of methoxy groups -OCH3 is 1. The van der Waals surface area contributed by atoms with Gasteiger partial charge in [-0.05, 0) is 67.3 Å². The molecule has 2 nitrogen and oxygen atoms in total. The Kier molecular flexibility index (Phi) is 4.50. The standard InChI is InChI=1S/C26H26O2/c1-15-16(2)18(4)24(17(15)3)26-21(11-8-12-23(26)28-5)25-20-10-7-6-9-19(20)13-14-22(25)27/h6-14,24,27H,1-5H3. The molecule has 0 spiro atoms. The van der Waals surface area contributed by atoms with Crippen LogP contribution in [0.4, 0.5) is 0 Å². The summed E-state index contributed by atoms with van der Waals surface area (Å²) < 4.78 is 5.81. The summed E-state index contributed by atoms with van der Waals surface area (Å²) in [5.41, 5.74) is 8.42. The van der Waals surface area contributed by atoms with Gasteiger partial charge in [-0.1, -0.05) is 53.6 Å². The zero-order chi connectivity index (χ0) is 20.0. The Balaban J connectivity index is 2.09. The van der Waals surface area contributed by atoms with E-state index >= 15 is 0 Å². The molecule has 0 aromatic heterocycles. The van der Waals surface area contributed by atoms with E-state index in [2.05, 4.69) is 45.9 Å². The third-order valence-electron chi connectivity index (χ3n) is 6.36. The lowest BCUT2D eigenvalue weighted by molar-refractivity contribution is 0.409. The minimum absolute atomic E-state index is 0.157. The number of phenolic OH excluding ortho intramolecular Hbond substituents is 1. The number of fused-ring (bicyclic) bond motifs is 1. The van der Waals surface area contributed by atoms with E-state index in [0.717, 1.165) is 33.2 Å². The van der Waals surface area contributed by atoms with Crippen LogP contribution >= 0.6 is 0 Å². The highest BCUT2D eigenvalue weighted by Gasteiger charge is 2.31. The number of ether oxygens (including phenoxy) is 1. The molecule has 0 unspecified atom stereocenters. The Labute approximate surface area is 166 Å². The molecule has 1 aliphatic carbocycles. The van der Waals surface area contributed by atoms with Crippen molar-refractivity contribution >= 4 is 10.8 Å². The fourth-order valence-corrected chi connectivity index (χ4v) is 4.56. The molecule has 3 aromatic carbocycles. The van der Waals surface area contributed by atoms with Crippen molar-refractivity contribution in [2.75, 3.05) is 7.11 Å². The molecule has 0 amide bonds. The maximum atomic E-state index is 10.9. The second-order valence-corrected chi connectivity index (χ2v) is 7.65. The van der Waals surface area contributed by atoms with Gasteiger partial charge < -0.3 is 9.84 Å². The molecule has 0 aliphatic heterocycles. The monoisotopic (exact) mass is 370 g/mol. The maximum absolute atomic E-state index is 10.9. The first kappa shape index (κ1) is 18.4. The zero-order valence-corrected chi connectivity index (χ0v) is 17.1. The molecule has 0 fully saturated rings. The molecule has 0 atom stereocenters. The fraction of sp³-hybridized carbons (Fsp3) is 0.231. The molecule has 2 heteroatoms. The van der Waals surface area contributed by atoms with Crippen LogP contribution in [0.5, 0.6) is 11.5 Å². The fourth-order valence-electron chi connectivity index (χ4n) is 4.56. The van der Waals surface area contributed by atoms with E-state index in [-0.39, 0.29) is 5.92 Å². The largest absolute Gasteiger partial charge is 0.507 e. The summed E-state index contributed by atoms with van der Waals surface area (Å²) in [6.07, 6.45) is 0. The van der Waals surface area contributed by atoms with Crippen LogP contribution in [-0.4, -0.2) is 12.2 Å². The molecule has 0 saturated carbocycles. The van der Waals surface area contributed by atoms with Gasteiger partial charge in [0, 0.05) is 17.0 Å². The minimum Gasteiger partial charge on any atom is -0.507 e.